The van der Waals surface area contributed by atoms with E-state index in [4.69, 9.17) is 5.73 Å². The molecule has 2 nitrogen and oxygen atoms in total. The highest BCUT2D eigenvalue weighted by molar-refractivity contribution is 6.03. The van der Waals surface area contributed by atoms with Gasteiger partial charge in [-0.15, -0.1) is 0 Å². The molecule has 1 rings (SSSR count). The molecule has 2 heteroatoms. The molecule has 0 aliphatic heterocycles. The second-order valence-corrected chi connectivity index (χ2v) is 2.95. The first-order valence-electron chi connectivity index (χ1n) is 4.35. The fourth-order valence-corrected chi connectivity index (χ4v) is 1.22. The summed E-state index contributed by atoms with van der Waals surface area (Å²) in [7, 11) is 0. The van der Waals surface area contributed by atoms with Crippen LogP contribution in [0.3, 0.4) is 0 Å². The third-order valence-electron chi connectivity index (χ3n) is 1.96. The van der Waals surface area contributed by atoms with Gasteiger partial charge < -0.3 is 5.73 Å². The highest BCUT2D eigenvalue weighted by Crippen LogP contribution is 2.14. The summed E-state index contributed by atoms with van der Waals surface area (Å²) < 4.78 is 0. The Labute approximate surface area is 83.7 Å². The predicted molar refractivity (Wildman–Crippen MR) is 58.4 cm³/mol. The minimum Gasteiger partial charge on any atom is -0.398 e. The van der Waals surface area contributed by atoms with Crippen molar-refractivity contribution in [2.45, 2.75) is 6.92 Å². The minimum atomic E-state index is -0.0682. The van der Waals surface area contributed by atoms with Crippen LogP contribution in [0.2, 0.25) is 0 Å². The zero-order chi connectivity index (χ0) is 10.6. The molecule has 0 radical (unpaired) electrons. The third kappa shape index (κ3) is 2.10. The summed E-state index contributed by atoms with van der Waals surface area (Å²) >= 11 is 0. The molecule has 14 heavy (non-hydrogen) atoms. The van der Waals surface area contributed by atoms with Gasteiger partial charge in [-0.05, 0) is 12.5 Å². The topological polar surface area (TPSA) is 43.1 Å². The van der Waals surface area contributed by atoms with E-state index in [1.165, 1.54) is 13.0 Å². The molecule has 0 aliphatic carbocycles. The van der Waals surface area contributed by atoms with E-state index in [1.54, 1.807) is 0 Å². The van der Waals surface area contributed by atoms with Crippen molar-refractivity contribution in [2.24, 2.45) is 5.73 Å². The van der Waals surface area contributed by atoms with Crippen molar-refractivity contribution < 1.29 is 4.79 Å². The molecule has 0 saturated heterocycles. The van der Waals surface area contributed by atoms with Crippen LogP contribution in [0.4, 0.5) is 0 Å². The van der Waals surface area contributed by atoms with Crippen molar-refractivity contribution in [3.63, 3.8) is 0 Å². The Morgan fingerprint density at radius 1 is 1.36 bits per heavy atom. The minimum absolute atomic E-state index is 0.0682. The maximum Gasteiger partial charge on any atom is 0.161 e. The third-order valence-corrected chi connectivity index (χ3v) is 1.96. The molecule has 2 N–H and O–H groups in total. The number of hydrogen-bond acceptors (Lipinski definition) is 2. The Morgan fingerprint density at radius 2 is 1.93 bits per heavy atom. The lowest BCUT2D eigenvalue weighted by Crippen LogP contribution is -2.05. The van der Waals surface area contributed by atoms with Gasteiger partial charge in [-0.2, -0.15) is 0 Å². The lowest BCUT2D eigenvalue weighted by atomic mass is 10.0. The van der Waals surface area contributed by atoms with Crippen molar-refractivity contribution in [3.05, 3.63) is 54.1 Å². The molecule has 0 bridgehead atoms. The highest BCUT2D eigenvalue weighted by Gasteiger charge is 2.06. The second-order valence-electron chi connectivity index (χ2n) is 2.95. The monoisotopic (exact) mass is 187 g/mol. The first-order valence-corrected chi connectivity index (χ1v) is 4.35. The van der Waals surface area contributed by atoms with E-state index in [2.05, 4.69) is 6.58 Å². The molecular weight excluding hydrogens is 174 g/mol. The number of Topliss-reactive ketones (excluding diaryl/α,β-unsaturated/α-hetero) is 1. The van der Waals surface area contributed by atoms with Crippen molar-refractivity contribution in [3.8, 4) is 0 Å². The molecule has 0 atom stereocenters. The van der Waals surface area contributed by atoms with E-state index >= 15 is 0 Å². The van der Waals surface area contributed by atoms with Crippen LogP contribution < -0.4 is 5.73 Å². The van der Waals surface area contributed by atoms with Crippen LogP contribution >= 0.6 is 0 Å². The van der Waals surface area contributed by atoms with Crippen LogP contribution in [-0.2, 0) is 4.79 Å². The van der Waals surface area contributed by atoms with Crippen molar-refractivity contribution >= 4 is 11.5 Å². The fraction of sp³-hybridized carbons (Fsp3) is 0.0833. The quantitative estimate of drug-likeness (QED) is 0.582. The summed E-state index contributed by atoms with van der Waals surface area (Å²) in [5.41, 5.74) is 7.63. The lowest BCUT2D eigenvalue weighted by Gasteiger charge is -2.04. The SMILES string of the molecule is C=C/C(C(C)=O)=C(/N)c1ccccc1. The normalized spacial score (nSPS) is 11.8. The van der Waals surface area contributed by atoms with Crippen molar-refractivity contribution in [1.29, 1.82) is 0 Å². The zero-order valence-corrected chi connectivity index (χ0v) is 8.16. The Morgan fingerprint density at radius 3 is 2.36 bits per heavy atom. The molecule has 0 fully saturated rings. The van der Waals surface area contributed by atoms with Gasteiger partial charge in [0, 0.05) is 11.3 Å². The number of carbonyl (C=O) groups is 1. The Hall–Kier alpha value is -1.83. The number of benzene rings is 1. The molecule has 0 aromatic heterocycles. The standard InChI is InChI=1S/C12H13NO/c1-3-11(9(2)14)12(13)10-7-5-4-6-8-10/h3-8H,1,13H2,2H3/b12-11-. The Kier molecular flexibility index (Phi) is 3.24. The lowest BCUT2D eigenvalue weighted by molar-refractivity contribution is -0.113. The number of allylic oxidation sites excluding steroid dienone is 2. The number of ketones is 1. The first kappa shape index (κ1) is 10.3. The fourth-order valence-electron chi connectivity index (χ4n) is 1.22. The summed E-state index contributed by atoms with van der Waals surface area (Å²) in [5.74, 6) is -0.0682. The average molecular weight is 187 g/mol. The smallest absolute Gasteiger partial charge is 0.161 e. The van der Waals surface area contributed by atoms with Crippen LogP contribution in [0.1, 0.15) is 12.5 Å². The van der Waals surface area contributed by atoms with Gasteiger partial charge in [-0.25, -0.2) is 0 Å². The van der Waals surface area contributed by atoms with Gasteiger partial charge in [-0.3, -0.25) is 4.79 Å². The number of rotatable bonds is 3. The molecule has 0 aliphatic rings. The summed E-state index contributed by atoms with van der Waals surface area (Å²) in [6.45, 7) is 5.05. The molecule has 1 aromatic carbocycles. The van der Waals surface area contributed by atoms with E-state index in [9.17, 15) is 4.79 Å². The van der Waals surface area contributed by atoms with Crippen LogP contribution in [-0.4, -0.2) is 5.78 Å². The average Bonchev–Trinajstić information content (AvgIpc) is 2.19. The number of hydrogen-bond donors (Lipinski definition) is 1. The van der Waals surface area contributed by atoms with E-state index in [0.717, 1.165) is 5.56 Å². The van der Waals surface area contributed by atoms with E-state index in [0.29, 0.717) is 11.3 Å². The molecule has 0 unspecified atom stereocenters. The van der Waals surface area contributed by atoms with Gasteiger partial charge in [0.25, 0.3) is 0 Å². The highest BCUT2D eigenvalue weighted by atomic mass is 16.1. The van der Waals surface area contributed by atoms with Crippen LogP contribution in [0.15, 0.2) is 48.6 Å². The summed E-state index contributed by atoms with van der Waals surface area (Å²) in [6, 6.07) is 9.38. The van der Waals surface area contributed by atoms with E-state index < -0.39 is 0 Å². The molecule has 72 valence electrons. The molecule has 0 saturated carbocycles. The maximum atomic E-state index is 11.2. The molecule has 0 spiro atoms. The van der Waals surface area contributed by atoms with Crippen LogP contribution in [0.25, 0.3) is 5.70 Å². The Balaban J connectivity index is 3.21. The summed E-state index contributed by atoms with van der Waals surface area (Å²) in [4.78, 5) is 11.2. The second kappa shape index (κ2) is 4.42. The zero-order valence-electron chi connectivity index (χ0n) is 8.16. The van der Waals surface area contributed by atoms with Gasteiger partial charge in [0.05, 0.1) is 0 Å². The van der Waals surface area contributed by atoms with Crippen LogP contribution in [0, 0.1) is 0 Å². The molecular formula is C12H13NO. The number of carbonyl (C=O) groups excluding carboxylic acids is 1. The van der Waals surface area contributed by atoms with Crippen molar-refractivity contribution in [1.82, 2.24) is 0 Å². The van der Waals surface area contributed by atoms with Gasteiger partial charge in [0.1, 0.15) is 0 Å². The van der Waals surface area contributed by atoms with E-state index in [-0.39, 0.29) is 5.78 Å². The van der Waals surface area contributed by atoms with Gasteiger partial charge >= 0.3 is 0 Å². The summed E-state index contributed by atoms with van der Waals surface area (Å²) in [6.07, 6.45) is 1.49. The van der Waals surface area contributed by atoms with Gasteiger partial charge in [-0.1, -0.05) is 43.0 Å². The first-order chi connectivity index (χ1) is 6.66. The molecule has 1 aromatic rings. The molecule has 0 amide bonds. The predicted octanol–water partition coefficient (Wildman–Crippen LogP) is 2.13. The maximum absolute atomic E-state index is 11.2. The van der Waals surface area contributed by atoms with Crippen molar-refractivity contribution in [2.75, 3.05) is 0 Å². The molecule has 0 heterocycles. The summed E-state index contributed by atoms with van der Waals surface area (Å²) in [5, 5.41) is 0. The largest absolute Gasteiger partial charge is 0.398 e. The Bertz CT molecular complexity index is 377. The van der Waals surface area contributed by atoms with E-state index in [1.807, 2.05) is 30.3 Å². The van der Waals surface area contributed by atoms with Gasteiger partial charge in [0.15, 0.2) is 5.78 Å². The number of nitrogens with two attached hydrogens (primary N) is 1. The van der Waals surface area contributed by atoms with Gasteiger partial charge in [0.2, 0.25) is 0 Å². The van der Waals surface area contributed by atoms with Crippen LogP contribution in [0.5, 0.6) is 0 Å².